The van der Waals surface area contributed by atoms with E-state index in [1.165, 1.54) is 12.1 Å². The lowest BCUT2D eigenvalue weighted by molar-refractivity contribution is -0.385. The monoisotopic (exact) mass is 293 g/mol. The number of hydrogen-bond donors (Lipinski definition) is 2. The van der Waals surface area contributed by atoms with Crippen molar-refractivity contribution in [3.8, 4) is 0 Å². The van der Waals surface area contributed by atoms with E-state index in [-0.39, 0.29) is 17.6 Å². The van der Waals surface area contributed by atoms with E-state index >= 15 is 0 Å². The van der Waals surface area contributed by atoms with Crippen molar-refractivity contribution in [3.05, 3.63) is 33.9 Å². The lowest BCUT2D eigenvalue weighted by Gasteiger charge is -2.19. The summed E-state index contributed by atoms with van der Waals surface area (Å²) < 4.78 is 5.15. The van der Waals surface area contributed by atoms with Gasteiger partial charge in [0.15, 0.2) is 0 Å². The van der Waals surface area contributed by atoms with Crippen molar-refractivity contribution < 1.29 is 14.5 Å². The molecule has 0 spiro atoms. The van der Waals surface area contributed by atoms with Crippen LogP contribution < -0.4 is 11.1 Å². The highest BCUT2D eigenvalue weighted by molar-refractivity contribution is 5.85. The Labute approximate surface area is 122 Å². The van der Waals surface area contributed by atoms with Crippen molar-refractivity contribution in [2.24, 2.45) is 5.73 Å². The van der Waals surface area contributed by atoms with E-state index in [2.05, 4.69) is 5.32 Å². The molecule has 0 heterocycles. The van der Waals surface area contributed by atoms with E-state index in [0.29, 0.717) is 11.3 Å². The SMILES string of the molecule is CC(C)(C)OC(=O)Nc1ccc([N+](=O)[O-])c(C2CC2N)c1. The first-order valence-corrected chi connectivity index (χ1v) is 6.71. The molecule has 2 atom stereocenters. The molecule has 0 radical (unpaired) electrons. The Kier molecular flexibility index (Phi) is 3.87. The lowest BCUT2D eigenvalue weighted by Crippen LogP contribution is -2.27. The van der Waals surface area contributed by atoms with Crippen molar-refractivity contribution in [2.75, 3.05) is 5.32 Å². The van der Waals surface area contributed by atoms with E-state index in [9.17, 15) is 14.9 Å². The molecule has 3 N–H and O–H groups in total. The van der Waals surface area contributed by atoms with E-state index < -0.39 is 16.6 Å². The van der Waals surface area contributed by atoms with E-state index in [0.717, 1.165) is 6.42 Å². The zero-order valence-electron chi connectivity index (χ0n) is 12.3. The molecule has 7 nitrogen and oxygen atoms in total. The number of amides is 1. The van der Waals surface area contributed by atoms with Gasteiger partial charge in [0, 0.05) is 29.3 Å². The number of benzene rings is 1. The molecule has 1 fully saturated rings. The standard InChI is InChI=1S/C14H19N3O4/c1-14(2,3)21-13(18)16-8-4-5-12(17(19)20)10(6-8)9-7-11(9)15/h4-6,9,11H,7,15H2,1-3H3,(H,16,18). The zero-order chi connectivity index (χ0) is 15.8. The Bertz CT molecular complexity index is 580. The maximum Gasteiger partial charge on any atom is 0.412 e. The fraction of sp³-hybridized carbons (Fsp3) is 0.500. The number of anilines is 1. The lowest BCUT2D eigenvalue weighted by atomic mass is 10.1. The molecule has 0 bridgehead atoms. The number of carbonyl (C=O) groups excluding carboxylic acids is 1. The second-order valence-electron chi connectivity index (χ2n) is 6.16. The molecule has 2 unspecified atom stereocenters. The number of nitro groups is 1. The molecule has 1 saturated carbocycles. The minimum Gasteiger partial charge on any atom is -0.444 e. The van der Waals surface area contributed by atoms with Gasteiger partial charge in [-0.1, -0.05) is 0 Å². The van der Waals surface area contributed by atoms with Crippen LogP contribution in [0.2, 0.25) is 0 Å². The third-order valence-electron chi connectivity index (χ3n) is 3.11. The molecular weight excluding hydrogens is 274 g/mol. The number of nitrogens with zero attached hydrogens (tertiary/aromatic N) is 1. The van der Waals surface area contributed by atoms with Crippen LogP contribution in [0.3, 0.4) is 0 Å². The van der Waals surface area contributed by atoms with Crippen LogP contribution in [0, 0.1) is 10.1 Å². The summed E-state index contributed by atoms with van der Waals surface area (Å²) >= 11 is 0. The van der Waals surface area contributed by atoms with E-state index in [1.54, 1.807) is 26.8 Å². The smallest absolute Gasteiger partial charge is 0.412 e. The number of ether oxygens (including phenoxy) is 1. The highest BCUT2D eigenvalue weighted by Gasteiger charge is 2.39. The average molecular weight is 293 g/mol. The summed E-state index contributed by atoms with van der Waals surface area (Å²) in [4.78, 5) is 22.3. The molecule has 0 aromatic heterocycles. The van der Waals surface area contributed by atoms with Crippen LogP contribution in [0.4, 0.5) is 16.2 Å². The quantitative estimate of drug-likeness (QED) is 0.658. The van der Waals surface area contributed by atoms with E-state index in [1.807, 2.05) is 0 Å². The molecule has 21 heavy (non-hydrogen) atoms. The number of nitro benzene ring substituents is 1. The molecule has 2 rings (SSSR count). The Morgan fingerprint density at radius 3 is 2.57 bits per heavy atom. The molecule has 7 heteroatoms. The highest BCUT2D eigenvalue weighted by Crippen LogP contribution is 2.44. The van der Waals surface area contributed by atoms with Crippen molar-refractivity contribution in [3.63, 3.8) is 0 Å². The molecule has 1 aliphatic carbocycles. The Balaban J connectivity index is 2.18. The Morgan fingerprint density at radius 1 is 1.48 bits per heavy atom. The van der Waals surface area contributed by atoms with Crippen LogP contribution in [0.25, 0.3) is 0 Å². The van der Waals surface area contributed by atoms with Gasteiger partial charge in [0.2, 0.25) is 0 Å². The number of nitrogens with two attached hydrogens (primary N) is 1. The molecule has 0 aliphatic heterocycles. The highest BCUT2D eigenvalue weighted by atomic mass is 16.6. The van der Waals surface area contributed by atoms with Crippen molar-refractivity contribution in [1.29, 1.82) is 0 Å². The van der Waals surface area contributed by atoms with Gasteiger partial charge in [-0.2, -0.15) is 0 Å². The van der Waals surface area contributed by atoms with Crippen LogP contribution in [0.1, 0.15) is 38.7 Å². The third kappa shape index (κ3) is 3.91. The minimum absolute atomic E-state index is 0.0224. The second-order valence-corrected chi connectivity index (χ2v) is 6.16. The fourth-order valence-corrected chi connectivity index (χ4v) is 2.09. The van der Waals surface area contributed by atoms with E-state index in [4.69, 9.17) is 10.5 Å². The van der Waals surface area contributed by atoms with Gasteiger partial charge in [-0.3, -0.25) is 15.4 Å². The van der Waals surface area contributed by atoms with Gasteiger partial charge in [-0.25, -0.2) is 4.79 Å². The summed E-state index contributed by atoms with van der Waals surface area (Å²) in [5, 5.41) is 13.6. The number of hydrogen-bond acceptors (Lipinski definition) is 5. The largest absolute Gasteiger partial charge is 0.444 e. The van der Waals surface area contributed by atoms with Gasteiger partial charge < -0.3 is 10.5 Å². The first-order valence-electron chi connectivity index (χ1n) is 6.71. The van der Waals surface area contributed by atoms with Gasteiger partial charge in [0.1, 0.15) is 5.60 Å². The molecule has 1 aromatic carbocycles. The second kappa shape index (κ2) is 5.33. The summed E-state index contributed by atoms with van der Waals surface area (Å²) in [6.07, 6.45) is 0.124. The molecule has 1 amide bonds. The predicted molar refractivity (Wildman–Crippen MR) is 78.3 cm³/mol. The zero-order valence-corrected chi connectivity index (χ0v) is 12.3. The normalized spacial score (nSPS) is 20.8. The minimum atomic E-state index is -0.605. The van der Waals surface area contributed by atoms with Gasteiger partial charge in [0.25, 0.3) is 5.69 Å². The number of carbonyl (C=O) groups is 1. The maximum atomic E-state index is 11.7. The summed E-state index contributed by atoms with van der Waals surface area (Å²) in [5.74, 6) is -0.0224. The number of rotatable bonds is 3. The molecule has 114 valence electrons. The van der Waals surface area contributed by atoms with Crippen molar-refractivity contribution >= 4 is 17.5 Å². The molecule has 0 saturated heterocycles. The van der Waals surface area contributed by atoms with Crippen molar-refractivity contribution in [2.45, 2.75) is 44.8 Å². The Morgan fingerprint density at radius 2 is 2.10 bits per heavy atom. The van der Waals surface area contributed by atoms with Crippen LogP contribution >= 0.6 is 0 Å². The van der Waals surface area contributed by atoms with Gasteiger partial charge in [-0.15, -0.1) is 0 Å². The van der Waals surface area contributed by atoms with Crippen LogP contribution in [-0.4, -0.2) is 22.7 Å². The molecule has 1 aliphatic rings. The van der Waals surface area contributed by atoms with Crippen LogP contribution in [0.15, 0.2) is 18.2 Å². The first kappa shape index (κ1) is 15.2. The summed E-state index contributed by atoms with van der Waals surface area (Å²) in [6.45, 7) is 5.28. The van der Waals surface area contributed by atoms with Crippen LogP contribution in [0.5, 0.6) is 0 Å². The van der Waals surface area contributed by atoms with Crippen LogP contribution in [-0.2, 0) is 4.74 Å². The van der Waals surface area contributed by atoms with Gasteiger partial charge >= 0.3 is 6.09 Å². The molecule has 1 aromatic rings. The summed E-state index contributed by atoms with van der Waals surface area (Å²) in [6, 6.07) is 4.41. The first-order chi connectivity index (χ1) is 9.67. The van der Waals surface area contributed by atoms with Gasteiger partial charge in [0.05, 0.1) is 4.92 Å². The van der Waals surface area contributed by atoms with Gasteiger partial charge in [-0.05, 0) is 39.3 Å². The molecular formula is C14H19N3O4. The average Bonchev–Trinajstić information content (AvgIpc) is 3.03. The predicted octanol–water partition coefficient (Wildman–Crippen LogP) is 2.76. The van der Waals surface area contributed by atoms with Crippen molar-refractivity contribution in [1.82, 2.24) is 0 Å². The fourth-order valence-electron chi connectivity index (χ4n) is 2.09. The summed E-state index contributed by atoms with van der Waals surface area (Å²) in [7, 11) is 0. The summed E-state index contributed by atoms with van der Waals surface area (Å²) in [5.41, 5.74) is 6.21. The third-order valence-corrected chi connectivity index (χ3v) is 3.11. The topological polar surface area (TPSA) is 107 Å². The Hall–Kier alpha value is -2.15. The maximum absolute atomic E-state index is 11.7. The number of nitrogens with one attached hydrogen (secondary N) is 1.